The molecule has 0 saturated carbocycles. The number of epoxide rings is 1. The van der Waals surface area contributed by atoms with Crippen LogP contribution in [-0.4, -0.2) is 24.4 Å². The minimum Gasteiger partial charge on any atom is -0.378 e. The van der Waals surface area contributed by atoms with Crippen LogP contribution < -0.4 is 0 Å². The molecule has 17 heavy (non-hydrogen) atoms. The molecule has 0 radical (unpaired) electrons. The van der Waals surface area contributed by atoms with Gasteiger partial charge in [0.1, 0.15) is 5.60 Å². The summed E-state index contributed by atoms with van der Waals surface area (Å²) in [6, 6.07) is 8.06. The van der Waals surface area contributed by atoms with Crippen molar-refractivity contribution >= 4 is 11.6 Å². The summed E-state index contributed by atoms with van der Waals surface area (Å²) in [6.45, 7) is 5.83. The van der Waals surface area contributed by atoms with Gasteiger partial charge < -0.3 is 9.47 Å². The Morgan fingerprint density at radius 1 is 1.29 bits per heavy atom. The molecule has 92 valence electrons. The largest absolute Gasteiger partial charge is 0.378 e. The molecule has 2 saturated heterocycles. The zero-order valence-electron chi connectivity index (χ0n) is 10.2. The van der Waals surface area contributed by atoms with Gasteiger partial charge in [0.05, 0.1) is 18.8 Å². The van der Waals surface area contributed by atoms with Gasteiger partial charge in [0.2, 0.25) is 0 Å². The van der Waals surface area contributed by atoms with Crippen molar-refractivity contribution in [2.75, 3.05) is 13.2 Å². The first kappa shape index (κ1) is 11.5. The number of benzene rings is 1. The third kappa shape index (κ3) is 1.79. The van der Waals surface area contributed by atoms with Crippen molar-refractivity contribution in [2.24, 2.45) is 5.92 Å². The second-order valence-electron chi connectivity index (χ2n) is 5.54. The van der Waals surface area contributed by atoms with Gasteiger partial charge >= 0.3 is 0 Å². The first-order chi connectivity index (χ1) is 8.03. The summed E-state index contributed by atoms with van der Waals surface area (Å²) in [4.78, 5) is 0. The van der Waals surface area contributed by atoms with Crippen LogP contribution in [-0.2, 0) is 15.9 Å². The van der Waals surface area contributed by atoms with Gasteiger partial charge in [-0.25, -0.2) is 0 Å². The maximum absolute atomic E-state index is 5.91. The molecule has 2 heterocycles. The maximum Gasteiger partial charge on any atom is 0.126 e. The number of ether oxygens (including phenoxy) is 2. The van der Waals surface area contributed by atoms with Crippen molar-refractivity contribution in [3.63, 3.8) is 0 Å². The molecule has 0 aromatic heterocycles. The van der Waals surface area contributed by atoms with E-state index in [-0.39, 0.29) is 11.2 Å². The first-order valence-electron chi connectivity index (χ1n) is 6.06. The summed E-state index contributed by atoms with van der Waals surface area (Å²) in [6.07, 6.45) is 1.00. The van der Waals surface area contributed by atoms with Gasteiger partial charge in [-0.3, -0.25) is 0 Å². The molecular formula is C14H17ClO2. The predicted octanol–water partition coefficient (Wildman–Crippen LogP) is 3.08. The third-order valence-electron chi connectivity index (χ3n) is 4.11. The maximum atomic E-state index is 5.91. The molecule has 0 aliphatic carbocycles. The Labute approximate surface area is 107 Å². The van der Waals surface area contributed by atoms with Crippen LogP contribution in [0.2, 0.25) is 5.02 Å². The van der Waals surface area contributed by atoms with E-state index in [4.69, 9.17) is 21.1 Å². The lowest BCUT2D eigenvalue weighted by atomic mass is 9.82. The van der Waals surface area contributed by atoms with E-state index in [1.54, 1.807) is 0 Å². The van der Waals surface area contributed by atoms with Crippen LogP contribution in [0.1, 0.15) is 19.4 Å². The zero-order valence-corrected chi connectivity index (χ0v) is 11.0. The standard InChI is InChI=1S/C14H17ClO2/c1-13(2)14(17-13)9-16-8-11(14)7-10-3-5-12(15)6-4-10/h3-6,11H,7-9H2,1-2H3. The second-order valence-corrected chi connectivity index (χ2v) is 5.98. The Kier molecular flexibility index (Phi) is 2.51. The van der Waals surface area contributed by atoms with E-state index in [2.05, 4.69) is 26.0 Å². The molecular weight excluding hydrogens is 236 g/mol. The molecule has 2 aliphatic heterocycles. The fourth-order valence-corrected chi connectivity index (χ4v) is 3.07. The quantitative estimate of drug-likeness (QED) is 0.755. The highest BCUT2D eigenvalue weighted by Crippen LogP contribution is 2.56. The third-order valence-corrected chi connectivity index (χ3v) is 4.36. The Bertz CT molecular complexity index is 422. The smallest absolute Gasteiger partial charge is 0.126 e. The molecule has 2 fully saturated rings. The zero-order chi connectivity index (χ0) is 12.1. The lowest BCUT2D eigenvalue weighted by Gasteiger charge is -2.15. The molecule has 2 nitrogen and oxygen atoms in total. The highest BCUT2D eigenvalue weighted by atomic mass is 35.5. The molecule has 1 spiro atoms. The summed E-state index contributed by atoms with van der Waals surface area (Å²) in [7, 11) is 0. The Hall–Kier alpha value is -0.570. The van der Waals surface area contributed by atoms with Crippen molar-refractivity contribution in [1.29, 1.82) is 0 Å². The fraction of sp³-hybridized carbons (Fsp3) is 0.571. The van der Waals surface area contributed by atoms with Crippen LogP contribution in [0.4, 0.5) is 0 Å². The van der Waals surface area contributed by atoms with Crippen LogP contribution in [0.3, 0.4) is 0 Å². The molecule has 0 amide bonds. The van der Waals surface area contributed by atoms with Crippen LogP contribution in [0.5, 0.6) is 0 Å². The lowest BCUT2D eigenvalue weighted by Crippen LogP contribution is -2.30. The summed E-state index contributed by atoms with van der Waals surface area (Å²) in [5.41, 5.74) is 1.23. The molecule has 2 unspecified atom stereocenters. The van der Waals surface area contributed by atoms with Crippen molar-refractivity contribution < 1.29 is 9.47 Å². The minimum absolute atomic E-state index is 0.0272. The first-order valence-corrected chi connectivity index (χ1v) is 6.44. The van der Waals surface area contributed by atoms with Crippen molar-refractivity contribution in [3.8, 4) is 0 Å². The number of hydrogen-bond acceptors (Lipinski definition) is 2. The van der Waals surface area contributed by atoms with Crippen molar-refractivity contribution in [1.82, 2.24) is 0 Å². The van der Waals surface area contributed by atoms with Crippen LogP contribution >= 0.6 is 11.6 Å². The molecule has 2 aliphatic rings. The lowest BCUT2D eigenvalue weighted by molar-refractivity contribution is 0.170. The van der Waals surface area contributed by atoms with Gasteiger partial charge in [0.25, 0.3) is 0 Å². The predicted molar refractivity (Wildman–Crippen MR) is 67.4 cm³/mol. The number of hydrogen-bond donors (Lipinski definition) is 0. The van der Waals surface area contributed by atoms with Gasteiger partial charge in [-0.2, -0.15) is 0 Å². The van der Waals surface area contributed by atoms with Crippen LogP contribution in [0.25, 0.3) is 0 Å². The van der Waals surface area contributed by atoms with Crippen LogP contribution in [0.15, 0.2) is 24.3 Å². The van der Waals surface area contributed by atoms with Gasteiger partial charge in [-0.15, -0.1) is 0 Å². The van der Waals surface area contributed by atoms with E-state index in [0.29, 0.717) is 5.92 Å². The minimum atomic E-state index is -0.0490. The normalized spacial score (nSPS) is 34.2. The Morgan fingerprint density at radius 2 is 1.94 bits per heavy atom. The number of halogens is 1. The van der Waals surface area contributed by atoms with Crippen LogP contribution in [0, 0.1) is 5.92 Å². The van der Waals surface area contributed by atoms with Gasteiger partial charge in [0, 0.05) is 10.9 Å². The molecule has 1 aromatic carbocycles. The van der Waals surface area contributed by atoms with Gasteiger partial charge in [0.15, 0.2) is 0 Å². The molecule has 2 atom stereocenters. The van der Waals surface area contributed by atoms with Gasteiger partial charge in [-0.1, -0.05) is 23.7 Å². The molecule has 0 N–H and O–H groups in total. The summed E-state index contributed by atoms with van der Waals surface area (Å²) in [5.74, 6) is 0.457. The van der Waals surface area contributed by atoms with E-state index in [1.807, 2.05) is 12.1 Å². The summed E-state index contributed by atoms with van der Waals surface area (Å²) in [5, 5.41) is 0.786. The average molecular weight is 253 g/mol. The SMILES string of the molecule is CC1(C)OC12COCC2Cc1ccc(Cl)cc1. The van der Waals surface area contributed by atoms with Gasteiger partial charge in [-0.05, 0) is 38.0 Å². The Balaban J connectivity index is 1.76. The monoisotopic (exact) mass is 252 g/mol. The average Bonchev–Trinajstić information content (AvgIpc) is 2.64. The summed E-state index contributed by atoms with van der Waals surface area (Å²) < 4.78 is 11.5. The summed E-state index contributed by atoms with van der Waals surface area (Å²) >= 11 is 5.89. The molecule has 3 heteroatoms. The highest BCUT2D eigenvalue weighted by Gasteiger charge is 2.69. The molecule has 1 aromatic rings. The number of rotatable bonds is 2. The topological polar surface area (TPSA) is 21.8 Å². The van der Waals surface area contributed by atoms with E-state index >= 15 is 0 Å². The van der Waals surface area contributed by atoms with E-state index < -0.39 is 0 Å². The van der Waals surface area contributed by atoms with E-state index in [0.717, 1.165) is 24.7 Å². The fourth-order valence-electron chi connectivity index (χ4n) is 2.94. The second kappa shape index (κ2) is 3.71. The Morgan fingerprint density at radius 3 is 2.53 bits per heavy atom. The highest BCUT2D eigenvalue weighted by molar-refractivity contribution is 6.30. The van der Waals surface area contributed by atoms with Crippen molar-refractivity contribution in [2.45, 2.75) is 31.5 Å². The van der Waals surface area contributed by atoms with Crippen molar-refractivity contribution in [3.05, 3.63) is 34.9 Å². The molecule has 0 bridgehead atoms. The van der Waals surface area contributed by atoms with E-state index in [1.165, 1.54) is 5.56 Å². The van der Waals surface area contributed by atoms with E-state index in [9.17, 15) is 0 Å². The molecule has 3 rings (SSSR count).